The van der Waals surface area contributed by atoms with Crippen LogP contribution >= 0.6 is 0 Å². The van der Waals surface area contributed by atoms with Gasteiger partial charge in [0, 0.05) is 55.4 Å². The molecule has 248 valence electrons. The van der Waals surface area contributed by atoms with E-state index in [0.29, 0.717) is 21.3 Å². The molecule has 2 aliphatic rings. The van der Waals surface area contributed by atoms with Crippen molar-refractivity contribution >= 4 is 27.3 Å². The third-order valence-electron chi connectivity index (χ3n) is 8.57. The van der Waals surface area contributed by atoms with E-state index in [1.165, 1.54) is 50.7 Å². The summed E-state index contributed by atoms with van der Waals surface area (Å²) >= 11 is 0. The Bertz CT molecular complexity index is 2040. The number of nitrogens with zero attached hydrogens (tertiary/aromatic N) is 6. The molecule has 0 bridgehead atoms. The number of anilines is 2. The van der Waals surface area contributed by atoms with Crippen molar-refractivity contribution in [2.45, 2.75) is 23.7 Å². The molecule has 2 aromatic carbocycles. The van der Waals surface area contributed by atoms with E-state index in [-0.39, 0.29) is 59.3 Å². The zero-order chi connectivity index (χ0) is 34.4. The normalized spacial score (nSPS) is 18.4. The van der Waals surface area contributed by atoms with Crippen LogP contribution in [0, 0.1) is 18.3 Å². The van der Waals surface area contributed by atoms with E-state index in [0.717, 1.165) is 12.3 Å². The number of amides is 1. The Kier molecular flexibility index (Phi) is 8.26. The minimum Gasteiger partial charge on any atom is -0.497 e. The third kappa shape index (κ3) is 5.26. The summed E-state index contributed by atoms with van der Waals surface area (Å²) in [6, 6.07) is 16.5. The Balaban J connectivity index is 1.55. The lowest BCUT2D eigenvalue weighted by molar-refractivity contribution is -0.141. The first-order valence-electron chi connectivity index (χ1n) is 14.7. The van der Waals surface area contributed by atoms with Gasteiger partial charge in [0.05, 0.1) is 31.5 Å². The molecule has 2 aromatic heterocycles. The maximum Gasteiger partial charge on any atom is 0.433 e. The quantitative estimate of drug-likeness (QED) is 0.276. The van der Waals surface area contributed by atoms with Crippen LogP contribution in [-0.4, -0.2) is 69.6 Å². The van der Waals surface area contributed by atoms with Gasteiger partial charge in [0.2, 0.25) is 0 Å². The summed E-state index contributed by atoms with van der Waals surface area (Å²) in [7, 11) is -1.74. The molecular formula is C33H29F3N6O5S. The van der Waals surface area contributed by atoms with E-state index in [9.17, 15) is 26.9 Å². The molecule has 1 atom stereocenters. The largest absolute Gasteiger partial charge is 0.497 e. The first kappa shape index (κ1) is 32.7. The van der Waals surface area contributed by atoms with Crippen molar-refractivity contribution in [3.05, 3.63) is 101 Å². The summed E-state index contributed by atoms with van der Waals surface area (Å²) in [6.45, 7) is 2.29. The van der Waals surface area contributed by atoms with E-state index >= 15 is 4.79 Å². The number of piperazine rings is 1. The van der Waals surface area contributed by atoms with Gasteiger partial charge < -0.3 is 14.4 Å². The molecule has 4 aromatic rings. The molecule has 0 spiro atoms. The van der Waals surface area contributed by atoms with Gasteiger partial charge in [-0.15, -0.1) is 0 Å². The number of nitriles is 1. The van der Waals surface area contributed by atoms with Crippen LogP contribution in [0.3, 0.4) is 0 Å². The highest BCUT2D eigenvalue weighted by Crippen LogP contribution is 2.53. The molecule has 15 heteroatoms. The van der Waals surface area contributed by atoms with Gasteiger partial charge in [-0.1, -0.05) is 6.07 Å². The molecule has 6 rings (SSSR count). The fourth-order valence-electron chi connectivity index (χ4n) is 6.29. The predicted octanol–water partition coefficient (Wildman–Crippen LogP) is 4.49. The highest BCUT2D eigenvalue weighted by atomic mass is 32.2. The molecular weight excluding hydrogens is 649 g/mol. The molecule has 1 unspecified atom stereocenters. The summed E-state index contributed by atoms with van der Waals surface area (Å²) in [5.41, 5.74) is -1.22. The number of aryl methyl sites for hydroxylation is 1. The Morgan fingerprint density at radius 2 is 1.67 bits per heavy atom. The number of methoxy groups -OCH3 is 2. The molecule has 0 radical (unpaired) electrons. The van der Waals surface area contributed by atoms with Gasteiger partial charge in [-0.3, -0.25) is 14.7 Å². The van der Waals surface area contributed by atoms with E-state index in [1.807, 2.05) is 0 Å². The van der Waals surface area contributed by atoms with Gasteiger partial charge in [0.15, 0.2) is 10.6 Å². The molecule has 0 saturated carbocycles. The van der Waals surface area contributed by atoms with Crippen LogP contribution < -0.4 is 18.7 Å². The van der Waals surface area contributed by atoms with Crippen molar-refractivity contribution < 1.29 is 35.9 Å². The van der Waals surface area contributed by atoms with Crippen molar-refractivity contribution in [2.75, 3.05) is 49.6 Å². The first-order valence-corrected chi connectivity index (χ1v) is 16.1. The molecule has 1 amide bonds. The Hall–Kier alpha value is -5.20. The summed E-state index contributed by atoms with van der Waals surface area (Å²) < 4.78 is 81.0. The fraction of sp³-hybridized carbons (Fsp3) is 0.273. The smallest absolute Gasteiger partial charge is 0.433 e. The van der Waals surface area contributed by atoms with Gasteiger partial charge in [-0.2, -0.15) is 31.2 Å². The van der Waals surface area contributed by atoms with E-state index in [4.69, 9.17) is 9.47 Å². The number of hydrogen-bond donors (Lipinski definition) is 0. The topological polar surface area (TPSA) is 129 Å². The first-order chi connectivity index (χ1) is 22.9. The summed E-state index contributed by atoms with van der Waals surface area (Å²) in [6.07, 6.45) is -2.16. The van der Waals surface area contributed by atoms with Crippen molar-refractivity contribution in [3.63, 3.8) is 0 Å². The zero-order valence-electron chi connectivity index (χ0n) is 26.0. The van der Waals surface area contributed by atoms with Gasteiger partial charge in [0.25, 0.3) is 15.9 Å². The lowest BCUT2D eigenvalue weighted by Crippen LogP contribution is -2.60. The summed E-state index contributed by atoms with van der Waals surface area (Å²) in [4.78, 5) is 26.3. The van der Waals surface area contributed by atoms with Crippen molar-refractivity contribution in [3.8, 4) is 17.6 Å². The minimum absolute atomic E-state index is 0.0256. The number of aromatic nitrogens is 2. The number of alkyl halides is 3. The van der Waals surface area contributed by atoms with E-state index < -0.39 is 33.3 Å². The van der Waals surface area contributed by atoms with Crippen LogP contribution in [0.2, 0.25) is 0 Å². The van der Waals surface area contributed by atoms with Crippen LogP contribution in [-0.2, 0) is 26.5 Å². The van der Waals surface area contributed by atoms with Crippen LogP contribution in [0.4, 0.5) is 24.5 Å². The SMILES string of the molecule is COc1ccc(OC)c(C2(N3CCN(c4ccnc(C(F)(F)F)c4)CC3)C(=O)N(S(=O)(=O)c3ccc(C)cn3)c3ccc(C#N)cc32)c1. The second-order valence-corrected chi connectivity index (χ2v) is 13.0. The molecule has 1 saturated heterocycles. The minimum atomic E-state index is -4.63. The number of ether oxygens (including phenoxy) is 2. The number of hydrogen-bond acceptors (Lipinski definition) is 10. The molecule has 2 aliphatic heterocycles. The molecule has 1 fully saturated rings. The molecule has 0 N–H and O–H groups in total. The summed E-state index contributed by atoms with van der Waals surface area (Å²) in [5.74, 6) is -0.262. The Labute approximate surface area is 274 Å². The summed E-state index contributed by atoms with van der Waals surface area (Å²) in [5, 5.41) is 9.56. The standard InChI is InChI=1S/C33H29F3N6O5S/c1-21-4-9-30(39-20-21)48(44,45)42-27-7-5-22(19-37)16-25(27)32(31(42)43,26-18-24(46-2)6-8-28(26)47-3)41-14-12-40(13-15-41)23-10-11-38-29(17-23)33(34,35)36/h4-11,16-18,20H,12-15H2,1-3H3. The average molecular weight is 679 g/mol. The highest BCUT2D eigenvalue weighted by molar-refractivity contribution is 7.93. The van der Waals surface area contributed by atoms with Gasteiger partial charge in [-0.25, -0.2) is 4.98 Å². The lowest BCUT2D eigenvalue weighted by Gasteiger charge is -2.46. The Morgan fingerprint density at radius 1 is 0.917 bits per heavy atom. The monoisotopic (exact) mass is 678 g/mol. The van der Waals surface area contributed by atoms with Crippen LogP contribution in [0.15, 0.2) is 78.1 Å². The number of fused-ring (bicyclic) bond motifs is 1. The number of halogens is 3. The van der Waals surface area contributed by atoms with Gasteiger partial charge in [0.1, 0.15) is 17.2 Å². The van der Waals surface area contributed by atoms with Crippen LogP contribution in [0.25, 0.3) is 0 Å². The van der Waals surface area contributed by atoms with Gasteiger partial charge >= 0.3 is 6.18 Å². The molecule has 0 aliphatic carbocycles. The van der Waals surface area contributed by atoms with Crippen LogP contribution in [0.5, 0.6) is 11.5 Å². The van der Waals surface area contributed by atoms with E-state index in [2.05, 4.69) is 16.0 Å². The van der Waals surface area contributed by atoms with Crippen molar-refractivity contribution in [2.24, 2.45) is 0 Å². The second-order valence-electron chi connectivity index (χ2n) is 11.2. The van der Waals surface area contributed by atoms with E-state index in [1.54, 1.807) is 41.0 Å². The average Bonchev–Trinajstić information content (AvgIpc) is 3.36. The molecule has 11 nitrogen and oxygen atoms in total. The molecule has 4 heterocycles. The highest BCUT2D eigenvalue weighted by Gasteiger charge is 2.61. The maximum absolute atomic E-state index is 15.2. The van der Waals surface area contributed by atoms with Gasteiger partial charge in [-0.05, 0) is 67.1 Å². The fourth-order valence-corrected chi connectivity index (χ4v) is 7.67. The Morgan fingerprint density at radius 3 is 2.29 bits per heavy atom. The predicted molar refractivity (Wildman–Crippen MR) is 168 cm³/mol. The number of benzene rings is 2. The zero-order valence-corrected chi connectivity index (χ0v) is 26.8. The number of pyridine rings is 2. The number of carbonyl (C=O) groups excluding carboxylic acids is 1. The van der Waals surface area contributed by atoms with Crippen molar-refractivity contribution in [1.82, 2.24) is 14.9 Å². The third-order valence-corrected chi connectivity index (χ3v) is 10.2. The number of carbonyl (C=O) groups is 1. The number of sulfonamides is 1. The van der Waals surface area contributed by atoms with Crippen LogP contribution in [0.1, 0.15) is 27.9 Å². The number of rotatable bonds is 7. The maximum atomic E-state index is 15.2. The van der Waals surface area contributed by atoms with Crippen molar-refractivity contribution in [1.29, 1.82) is 5.26 Å². The second kappa shape index (κ2) is 12.1. The molecule has 48 heavy (non-hydrogen) atoms. The lowest BCUT2D eigenvalue weighted by atomic mass is 9.80.